The Kier molecular flexibility index (Phi) is 8.10. The standard InChI is InChI=1S/C25H24Cl2N2O2/c1-28-25(31)23(15-18-8-3-2-4-9-18)29(17-19-10-7-12-21(26)14-19)24(30)16-20-11-5-6-13-22(20)27/h2-14,23H,15-17H2,1H3,(H,28,31)/t23-/m1/s1. The molecular weight excluding hydrogens is 431 g/mol. The van der Waals surface area contributed by atoms with E-state index >= 15 is 0 Å². The quantitative estimate of drug-likeness (QED) is 0.524. The zero-order valence-corrected chi connectivity index (χ0v) is 18.7. The second kappa shape index (κ2) is 11.0. The van der Waals surface area contributed by atoms with Gasteiger partial charge in [0.2, 0.25) is 11.8 Å². The molecule has 0 aromatic heterocycles. The summed E-state index contributed by atoms with van der Waals surface area (Å²) in [6.07, 6.45) is 0.498. The Hall–Kier alpha value is -2.82. The van der Waals surface area contributed by atoms with Crippen LogP contribution in [0.1, 0.15) is 16.7 Å². The van der Waals surface area contributed by atoms with Crippen molar-refractivity contribution in [3.05, 3.63) is 106 Å². The van der Waals surface area contributed by atoms with E-state index in [9.17, 15) is 9.59 Å². The molecule has 3 rings (SSSR count). The number of rotatable bonds is 8. The molecule has 3 aromatic carbocycles. The van der Waals surface area contributed by atoms with Crippen molar-refractivity contribution in [3.8, 4) is 0 Å². The summed E-state index contributed by atoms with van der Waals surface area (Å²) >= 11 is 12.4. The fraction of sp³-hybridized carbons (Fsp3) is 0.200. The molecule has 0 saturated carbocycles. The lowest BCUT2D eigenvalue weighted by Gasteiger charge is -2.31. The first-order valence-corrected chi connectivity index (χ1v) is 10.8. The molecule has 0 radical (unpaired) electrons. The van der Waals surface area contributed by atoms with Crippen molar-refractivity contribution in [1.82, 2.24) is 10.2 Å². The van der Waals surface area contributed by atoms with Crippen LogP contribution in [0.4, 0.5) is 0 Å². The Labute approximate surface area is 192 Å². The van der Waals surface area contributed by atoms with Crippen molar-refractivity contribution in [2.45, 2.75) is 25.4 Å². The molecule has 0 unspecified atom stereocenters. The third kappa shape index (κ3) is 6.33. The van der Waals surface area contributed by atoms with Crippen molar-refractivity contribution in [2.75, 3.05) is 7.05 Å². The Bertz CT molecular complexity index is 1040. The maximum Gasteiger partial charge on any atom is 0.242 e. The fourth-order valence-corrected chi connectivity index (χ4v) is 3.87. The van der Waals surface area contributed by atoms with Gasteiger partial charge in [0, 0.05) is 30.1 Å². The van der Waals surface area contributed by atoms with Crippen LogP contribution in [0.5, 0.6) is 0 Å². The normalized spacial score (nSPS) is 11.6. The lowest BCUT2D eigenvalue weighted by molar-refractivity contribution is -0.140. The van der Waals surface area contributed by atoms with E-state index in [1.165, 1.54) is 0 Å². The molecule has 4 nitrogen and oxygen atoms in total. The van der Waals surface area contributed by atoms with Gasteiger partial charge >= 0.3 is 0 Å². The zero-order valence-electron chi connectivity index (χ0n) is 17.2. The minimum absolute atomic E-state index is 0.0997. The number of hydrogen-bond acceptors (Lipinski definition) is 2. The summed E-state index contributed by atoms with van der Waals surface area (Å²) in [7, 11) is 1.58. The van der Waals surface area contributed by atoms with Crippen molar-refractivity contribution in [1.29, 1.82) is 0 Å². The predicted octanol–water partition coefficient (Wildman–Crippen LogP) is 4.92. The number of halogens is 2. The van der Waals surface area contributed by atoms with Gasteiger partial charge in [0.1, 0.15) is 6.04 Å². The van der Waals surface area contributed by atoms with Gasteiger partial charge < -0.3 is 10.2 Å². The lowest BCUT2D eigenvalue weighted by Crippen LogP contribution is -2.50. The monoisotopic (exact) mass is 454 g/mol. The summed E-state index contributed by atoms with van der Waals surface area (Å²) in [6, 6.07) is 23.5. The molecule has 0 aliphatic rings. The Morgan fingerprint density at radius 2 is 1.58 bits per heavy atom. The summed E-state index contributed by atoms with van der Waals surface area (Å²) in [5.74, 6) is -0.406. The highest BCUT2D eigenvalue weighted by Gasteiger charge is 2.30. The van der Waals surface area contributed by atoms with Crippen LogP contribution in [-0.4, -0.2) is 29.8 Å². The summed E-state index contributed by atoms with van der Waals surface area (Å²) in [5.41, 5.74) is 2.54. The van der Waals surface area contributed by atoms with Gasteiger partial charge in [-0.3, -0.25) is 9.59 Å². The van der Waals surface area contributed by atoms with Gasteiger partial charge in [-0.1, -0.05) is 83.9 Å². The number of nitrogens with zero attached hydrogens (tertiary/aromatic N) is 1. The van der Waals surface area contributed by atoms with Crippen LogP contribution in [0.15, 0.2) is 78.9 Å². The van der Waals surface area contributed by atoms with E-state index in [1.54, 1.807) is 30.1 Å². The van der Waals surface area contributed by atoms with E-state index in [0.717, 1.165) is 16.7 Å². The fourth-order valence-electron chi connectivity index (χ4n) is 3.46. The van der Waals surface area contributed by atoms with E-state index in [0.29, 0.717) is 16.5 Å². The average Bonchev–Trinajstić information content (AvgIpc) is 2.78. The lowest BCUT2D eigenvalue weighted by atomic mass is 10.0. The number of likely N-dealkylation sites (N-methyl/N-ethyl adjacent to an activating group) is 1. The number of carbonyl (C=O) groups is 2. The van der Waals surface area contributed by atoms with Gasteiger partial charge in [-0.2, -0.15) is 0 Å². The van der Waals surface area contributed by atoms with Gasteiger partial charge in [0.05, 0.1) is 6.42 Å². The molecule has 0 saturated heterocycles. The third-order valence-electron chi connectivity index (χ3n) is 5.06. The van der Waals surface area contributed by atoms with E-state index in [1.807, 2.05) is 60.7 Å². The molecule has 1 atom stereocenters. The van der Waals surface area contributed by atoms with Crippen LogP contribution in [0.3, 0.4) is 0 Å². The van der Waals surface area contributed by atoms with Crippen LogP contribution in [0, 0.1) is 0 Å². The number of nitrogens with one attached hydrogen (secondary N) is 1. The highest BCUT2D eigenvalue weighted by Crippen LogP contribution is 2.21. The van der Waals surface area contributed by atoms with Crippen LogP contribution in [-0.2, 0) is 29.0 Å². The van der Waals surface area contributed by atoms with Gasteiger partial charge in [-0.25, -0.2) is 0 Å². The largest absolute Gasteiger partial charge is 0.357 e. The van der Waals surface area contributed by atoms with Crippen molar-refractivity contribution in [2.24, 2.45) is 0 Å². The topological polar surface area (TPSA) is 49.4 Å². The van der Waals surface area contributed by atoms with E-state index in [-0.39, 0.29) is 24.8 Å². The Morgan fingerprint density at radius 3 is 2.26 bits per heavy atom. The molecule has 1 N–H and O–H groups in total. The first kappa shape index (κ1) is 22.9. The SMILES string of the molecule is CNC(=O)[C@@H](Cc1ccccc1)N(Cc1cccc(Cl)c1)C(=O)Cc1ccccc1Cl. The first-order chi connectivity index (χ1) is 15.0. The highest BCUT2D eigenvalue weighted by atomic mass is 35.5. The number of benzene rings is 3. The average molecular weight is 455 g/mol. The highest BCUT2D eigenvalue weighted by molar-refractivity contribution is 6.31. The zero-order chi connectivity index (χ0) is 22.2. The van der Waals surface area contributed by atoms with Crippen LogP contribution in [0.2, 0.25) is 10.0 Å². The molecule has 31 heavy (non-hydrogen) atoms. The van der Waals surface area contributed by atoms with Crippen LogP contribution < -0.4 is 5.32 Å². The molecule has 0 fully saturated rings. The molecular formula is C25H24Cl2N2O2. The minimum Gasteiger partial charge on any atom is -0.357 e. The third-order valence-corrected chi connectivity index (χ3v) is 5.66. The predicted molar refractivity (Wildman–Crippen MR) is 125 cm³/mol. The maximum atomic E-state index is 13.5. The summed E-state index contributed by atoms with van der Waals surface area (Å²) in [5, 5.41) is 3.81. The molecule has 0 aliphatic carbocycles. The minimum atomic E-state index is -0.679. The van der Waals surface area contributed by atoms with E-state index in [2.05, 4.69) is 5.32 Å². The molecule has 160 valence electrons. The molecule has 6 heteroatoms. The van der Waals surface area contributed by atoms with Crippen molar-refractivity contribution >= 4 is 35.0 Å². The Balaban J connectivity index is 1.95. The Morgan fingerprint density at radius 1 is 0.903 bits per heavy atom. The summed E-state index contributed by atoms with van der Waals surface area (Å²) in [4.78, 5) is 28.0. The summed E-state index contributed by atoms with van der Waals surface area (Å²) < 4.78 is 0. The van der Waals surface area contributed by atoms with Crippen molar-refractivity contribution in [3.63, 3.8) is 0 Å². The number of amides is 2. The molecule has 0 heterocycles. The summed E-state index contributed by atoms with van der Waals surface area (Å²) in [6.45, 7) is 0.259. The van der Waals surface area contributed by atoms with Gasteiger partial charge in [0.25, 0.3) is 0 Å². The van der Waals surface area contributed by atoms with Gasteiger partial charge in [0.15, 0.2) is 0 Å². The molecule has 3 aromatic rings. The van der Waals surface area contributed by atoms with Gasteiger partial charge in [-0.15, -0.1) is 0 Å². The maximum absolute atomic E-state index is 13.5. The second-order valence-corrected chi connectivity index (χ2v) is 8.08. The molecule has 0 aliphatic heterocycles. The van der Waals surface area contributed by atoms with Crippen molar-refractivity contribution < 1.29 is 9.59 Å². The number of hydrogen-bond donors (Lipinski definition) is 1. The van der Waals surface area contributed by atoms with Crippen LogP contribution in [0.25, 0.3) is 0 Å². The van der Waals surface area contributed by atoms with Gasteiger partial charge in [-0.05, 0) is 34.9 Å². The van der Waals surface area contributed by atoms with E-state index < -0.39 is 6.04 Å². The molecule has 2 amide bonds. The molecule has 0 spiro atoms. The second-order valence-electron chi connectivity index (χ2n) is 7.24. The first-order valence-electron chi connectivity index (χ1n) is 10.0. The van der Waals surface area contributed by atoms with E-state index in [4.69, 9.17) is 23.2 Å². The number of carbonyl (C=O) groups excluding carboxylic acids is 2. The molecule has 0 bridgehead atoms. The van der Waals surface area contributed by atoms with Crippen LogP contribution >= 0.6 is 23.2 Å². The smallest absolute Gasteiger partial charge is 0.242 e.